The highest BCUT2D eigenvalue weighted by molar-refractivity contribution is 5.97. The average Bonchev–Trinajstić information content (AvgIpc) is 3.85. The summed E-state index contributed by atoms with van der Waals surface area (Å²) in [6.07, 6.45) is 6.18. The predicted molar refractivity (Wildman–Crippen MR) is 215 cm³/mol. The first-order valence-electron chi connectivity index (χ1n) is 19.0. The molecule has 1 saturated carbocycles. The number of hydrogen-bond donors (Lipinski definition) is 0. The van der Waals surface area contributed by atoms with E-state index in [1.165, 1.54) is 102 Å². The molecule has 10 rings (SSSR count). The molecule has 6 aromatic rings. The standard InChI is InChI=1S/C50H45N/c1-31-27-28-32(2)50(31)43-23-11-9-18-39(43)41-21-14-26-46(48(41)50)51(45-25-13-20-40-38-17-8-10-22-42(38)49(4,5)47(40)45)44-24-12-19-35(33(44)3)37-16-7-6-15-36(37)34-29-30-34/h6-27,32,34H,28-30H2,1-5H3. The van der Waals surface area contributed by atoms with E-state index in [1.807, 2.05) is 0 Å². The number of nitrogens with zero attached hydrogens (tertiary/aromatic N) is 1. The molecule has 0 heterocycles. The van der Waals surface area contributed by atoms with Crippen LogP contribution in [-0.4, -0.2) is 0 Å². The van der Waals surface area contributed by atoms with Gasteiger partial charge in [0.25, 0.3) is 0 Å². The normalized spacial score (nSPS) is 20.5. The van der Waals surface area contributed by atoms with E-state index in [0.29, 0.717) is 11.8 Å². The summed E-state index contributed by atoms with van der Waals surface area (Å²) in [5.41, 5.74) is 21.7. The monoisotopic (exact) mass is 659 g/mol. The molecule has 1 heteroatoms. The molecule has 0 N–H and O–H groups in total. The molecule has 0 radical (unpaired) electrons. The smallest absolute Gasteiger partial charge is 0.0512 e. The number of fused-ring (bicyclic) bond motifs is 8. The fourth-order valence-electron chi connectivity index (χ4n) is 10.6. The molecular formula is C50H45N. The molecule has 1 nitrogen and oxygen atoms in total. The van der Waals surface area contributed by atoms with Gasteiger partial charge in [-0.25, -0.2) is 0 Å². The van der Waals surface area contributed by atoms with Gasteiger partial charge in [0.15, 0.2) is 0 Å². The lowest BCUT2D eigenvalue weighted by Gasteiger charge is -2.40. The van der Waals surface area contributed by atoms with Crippen molar-refractivity contribution in [2.75, 3.05) is 4.90 Å². The van der Waals surface area contributed by atoms with Crippen LogP contribution in [0, 0.1) is 12.8 Å². The van der Waals surface area contributed by atoms with Gasteiger partial charge < -0.3 is 4.90 Å². The third-order valence-corrected chi connectivity index (χ3v) is 13.1. The Labute approximate surface area is 303 Å². The molecular weight excluding hydrogens is 615 g/mol. The molecule has 0 bridgehead atoms. The van der Waals surface area contributed by atoms with Crippen LogP contribution in [0.3, 0.4) is 0 Å². The molecule has 4 aliphatic carbocycles. The molecule has 51 heavy (non-hydrogen) atoms. The van der Waals surface area contributed by atoms with Gasteiger partial charge in [-0.3, -0.25) is 0 Å². The molecule has 0 aromatic heterocycles. The largest absolute Gasteiger partial charge is 0.310 e. The first-order valence-corrected chi connectivity index (χ1v) is 19.0. The highest BCUT2D eigenvalue weighted by Gasteiger charge is 2.52. The number of anilines is 3. The maximum Gasteiger partial charge on any atom is 0.0512 e. The Balaban J connectivity index is 1.30. The van der Waals surface area contributed by atoms with Crippen molar-refractivity contribution in [2.24, 2.45) is 5.92 Å². The molecule has 0 amide bonds. The Morgan fingerprint density at radius 1 is 0.529 bits per heavy atom. The third-order valence-electron chi connectivity index (χ3n) is 13.1. The lowest BCUT2D eigenvalue weighted by molar-refractivity contribution is 0.442. The average molecular weight is 660 g/mol. The Kier molecular flexibility index (Phi) is 6.57. The van der Waals surface area contributed by atoms with Crippen molar-refractivity contribution in [3.8, 4) is 33.4 Å². The van der Waals surface area contributed by atoms with Crippen LogP contribution in [-0.2, 0) is 10.8 Å². The van der Waals surface area contributed by atoms with Crippen LogP contribution in [0.15, 0.2) is 139 Å². The Morgan fingerprint density at radius 3 is 1.73 bits per heavy atom. The minimum atomic E-state index is -0.179. The fraction of sp³-hybridized carbons (Fsp3) is 0.240. The van der Waals surface area contributed by atoms with Gasteiger partial charge in [0, 0.05) is 16.5 Å². The van der Waals surface area contributed by atoms with E-state index in [0.717, 1.165) is 6.42 Å². The maximum absolute atomic E-state index is 2.68. The van der Waals surface area contributed by atoms with Gasteiger partial charge in [0.2, 0.25) is 0 Å². The molecule has 0 saturated heterocycles. The van der Waals surface area contributed by atoms with Crippen LogP contribution >= 0.6 is 0 Å². The molecule has 0 aliphatic heterocycles. The van der Waals surface area contributed by atoms with Gasteiger partial charge in [-0.1, -0.05) is 142 Å². The van der Waals surface area contributed by atoms with Gasteiger partial charge in [-0.05, 0) is 130 Å². The van der Waals surface area contributed by atoms with Crippen LogP contribution < -0.4 is 4.90 Å². The summed E-state index contributed by atoms with van der Waals surface area (Å²) in [6, 6.07) is 48.6. The van der Waals surface area contributed by atoms with Crippen LogP contribution in [0.5, 0.6) is 0 Å². The molecule has 2 unspecified atom stereocenters. The predicted octanol–water partition coefficient (Wildman–Crippen LogP) is 13.6. The fourth-order valence-corrected chi connectivity index (χ4v) is 10.6. The van der Waals surface area contributed by atoms with E-state index in [1.54, 1.807) is 0 Å². The van der Waals surface area contributed by atoms with Crippen molar-refractivity contribution >= 4 is 17.1 Å². The number of benzene rings is 6. The van der Waals surface area contributed by atoms with Gasteiger partial charge in [-0.15, -0.1) is 0 Å². The second kappa shape index (κ2) is 10.9. The topological polar surface area (TPSA) is 3.24 Å². The Hall–Kier alpha value is -5.14. The van der Waals surface area contributed by atoms with E-state index >= 15 is 0 Å². The number of allylic oxidation sites excluding steroid dienone is 2. The summed E-state index contributed by atoms with van der Waals surface area (Å²) >= 11 is 0. The molecule has 6 aromatic carbocycles. The Bertz CT molecular complexity index is 2440. The van der Waals surface area contributed by atoms with Crippen molar-refractivity contribution in [3.63, 3.8) is 0 Å². The third kappa shape index (κ3) is 4.09. The molecule has 2 atom stereocenters. The zero-order valence-corrected chi connectivity index (χ0v) is 30.4. The van der Waals surface area contributed by atoms with Crippen molar-refractivity contribution in [1.29, 1.82) is 0 Å². The molecule has 1 spiro atoms. The molecule has 250 valence electrons. The highest BCUT2D eigenvalue weighted by Crippen LogP contribution is 2.64. The van der Waals surface area contributed by atoms with Crippen LogP contribution in [0.25, 0.3) is 33.4 Å². The maximum atomic E-state index is 2.68. The van der Waals surface area contributed by atoms with Crippen LogP contribution in [0.2, 0.25) is 0 Å². The number of hydrogen-bond acceptors (Lipinski definition) is 1. The van der Waals surface area contributed by atoms with E-state index in [9.17, 15) is 0 Å². The SMILES string of the molecule is CC1=CCC(C)C12c1ccccc1-c1cccc(N(c3cccc(-c4ccccc4C4CC4)c3C)c3cccc4c3C(C)(C)c3ccccc3-4)c12. The van der Waals surface area contributed by atoms with Crippen molar-refractivity contribution in [2.45, 2.75) is 70.6 Å². The molecule has 1 fully saturated rings. The van der Waals surface area contributed by atoms with Crippen LogP contribution in [0.4, 0.5) is 17.1 Å². The summed E-state index contributed by atoms with van der Waals surface area (Å²) in [4.78, 5) is 2.68. The van der Waals surface area contributed by atoms with Gasteiger partial charge in [-0.2, -0.15) is 0 Å². The van der Waals surface area contributed by atoms with Crippen molar-refractivity contribution in [3.05, 3.63) is 172 Å². The van der Waals surface area contributed by atoms with Crippen molar-refractivity contribution in [1.82, 2.24) is 0 Å². The minimum absolute atomic E-state index is 0.167. The van der Waals surface area contributed by atoms with E-state index in [-0.39, 0.29) is 10.8 Å². The quantitative estimate of drug-likeness (QED) is 0.167. The first-order chi connectivity index (χ1) is 24.8. The second-order valence-corrected chi connectivity index (χ2v) is 16.1. The van der Waals surface area contributed by atoms with Gasteiger partial charge >= 0.3 is 0 Å². The summed E-state index contributed by atoms with van der Waals surface area (Å²) < 4.78 is 0. The Morgan fingerprint density at radius 2 is 1.06 bits per heavy atom. The van der Waals surface area contributed by atoms with Gasteiger partial charge in [0.1, 0.15) is 0 Å². The zero-order valence-electron chi connectivity index (χ0n) is 30.4. The summed E-state index contributed by atoms with van der Waals surface area (Å²) in [5, 5.41) is 0. The summed E-state index contributed by atoms with van der Waals surface area (Å²) in [5.74, 6) is 1.12. The number of rotatable bonds is 5. The van der Waals surface area contributed by atoms with Crippen LogP contribution in [0.1, 0.15) is 86.3 Å². The lowest BCUT2D eigenvalue weighted by atomic mass is 9.67. The minimum Gasteiger partial charge on any atom is -0.310 e. The summed E-state index contributed by atoms with van der Waals surface area (Å²) in [7, 11) is 0. The van der Waals surface area contributed by atoms with E-state index in [2.05, 4.69) is 173 Å². The summed E-state index contributed by atoms with van der Waals surface area (Å²) in [6.45, 7) is 12.1. The highest BCUT2D eigenvalue weighted by atomic mass is 15.2. The zero-order chi connectivity index (χ0) is 34.6. The van der Waals surface area contributed by atoms with Crippen molar-refractivity contribution < 1.29 is 0 Å². The van der Waals surface area contributed by atoms with E-state index < -0.39 is 0 Å². The molecule has 4 aliphatic rings. The lowest BCUT2D eigenvalue weighted by Crippen LogP contribution is -2.33. The second-order valence-electron chi connectivity index (χ2n) is 16.1. The van der Waals surface area contributed by atoms with E-state index in [4.69, 9.17) is 0 Å². The van der Waals surface area contributed by atoms with Gasteiger partial charge in [0.05, 0.1) is 11.4 Å². The first kappa shape index (κ1) is 30.7.